The average Bonchev–Trinajstić information content (AvgIpc) is 2.58. The summed E-state index contributed by atoms with van der Waals surface area (Å²) in [5.74, 6) is -1.08. The van der Waals surface area contributed by atoms with Gasteiger partial charge < -0.3 is 9.84 Å². The molecule has 1 N–H and O–H groups in total. The van der Waals surface area contributed by atoms with E-state index in [4.69, 9.17) is 4.74 Å². The highest BCUT2D eigenvalue weighted by atomic mass is 16.5. The molecule has 0 aromatic heterocycles. The second kappa shape index (κ2) is 7.90. The Kier molecular flexibility index (Phi) is 5.63. The van der Waals surface area contributed by atoms with Crippen LogP contribution < -0.4 is 0 Å². The highest BCUT2D eigenvalue weighted by Crippen LogP contribution is 2.05. The quantitative estimate of drug-likeness (QED) is 0.505. The van der Waals surface area contributed by atoms with Crippen molar-refractivity contribution in [3.05, 3.63) is 77.9 Å². The van der Waals surface area contributed by atoms with Crippen molar-refractivity contribution in [1.82, 2.24) is 0 Å². The summed E-state index contributed by atoms with van der Waals surface area (Å²) in [5, 5.41) is 9.75. The molecule has 2 aromatic rings. The van der Waals surface area contributed by atoms with Gasteiger partial charge in [-0.3, -0.25) is 4.79 Å². The summed E-state index contributed by atoms with van der Waals surface area (Å²) >= 11 is 0. The first kappa shape index (κ1) is 15.7. The first-order valence-corrected chi connectivity index (χ1v) is 6.84. The third kappa shape index (κ3) is 4.68. The Morgan fingerprint density at radius 3 is 2.23 bits per heavy atom. The Labute approximate surface area is 128 Å². The number of hydrogen-bond acceptors (Lipinski definition) is 4. The first-order chi connectivity index (χ1) is 10.7. The Balaban J connectivity index is 1.83. The summed E-state index contributed by atoms with van der Waals surface area (Å²) in [7, 11) is 0. The van der Waals surface area contributed by atoms with Crippen molar-refractivity contribution in [2.75, 3.05) is 6.61 Å². The van der Waals surface area contributed by atoms with Gasteiger partial charge >= 0.3 is 5.97 Å². The molecule has 2 rings (SSSR count). The van der Waals surface area contributed by atoms with E-state index in [9.17, 15) is 14.7 Å². The van der Waals surface area contributed by atoms with Gasteiger partial charge in [-0.25, -0.2) is 4.79 Å². The fourth-order valence-electron chi connectivity index (χ4n) is 1.81. The molecule has 0 fully saturated rings. The molecule has 1 unspecified atom stereocenters. The van der Waals surface area contributed by atoms with Crippen LogP contribution in [-0.4, -0.2) is 29.6 Å². The van der Waals surface area contributed by atoms with Crippen molar-refractivity contribution >= 4 is 17.8 Å². The van der Waals surface area contributed by atoms with E-state index in [2.05, 4.69) is 0 Å². The number of Topliss-reactive ketones (excluding diaryl/α,β-unsaturated/α-hetero) is 1. The zero-order chi connectivity index (χ0) is 15.8. The number of aliphatic hydroxyl groups is 1. The second-order valence-electron chi connectivity index (χ2n) is 4.62. The van der Waals surface area contributed by atoms with Crippen LogP contribution in [0.5, 0.6) is 0 Å². The highest BCUT2D eigenvalue weighted by molar-refractivity contribution is 5.99. The molecule has 0 bridgehead atoms. The molecule has 0 radical (unpaired) electrons. The van der Waals surface area contributed by atoms with Crippen molar-refractivity contribution in [3.63, 3.8) is 0 Å². The summed E-state index contributed by atoms with van der Waals surface area (Å²) in [6, 6.07) is 17.7. The van der Waals surface area contributed by atoms with Crippen molar-refractivity contribution < 1.29 is 19.4 Å². The summed E-state index contributed by atoms with van der Waals surface area (Å²) in [5.41, 5.74) is 1.24. The number of rotatable bonds is 6. The van der Waals surface area contributed by atoms with Crippen LogP contribution in [0.1, 0.15) is 15.9 Å². The molecule has 0 spiro atoms. The van der Waals surface area contributed by atoms with Crippen molar-refractivity contribution in [3.8, 4) is 0 Å². The molecule has 0 amide bonds. The lowest BCUT2D eigenvalue weighted by Crippen LogP contribution is -2.27. The second-order valence-corrected chi connectivity index (χ2v) is 4.62. The number of carbonyl (C=O) groups is 2. The van der Waals surface area contributed by atoms with Gasteiger partial charge in [-0.2, -0.15) is 0 Å². The van der Waals surface area contributed by atoms with Gasteiger partial charge in [0, 0.05) is 11.6 Å². The van der Waals surface area contributed by atoms with Gasteiger partial charge in [0.2, 0.25) is 0 Å². The Bertz CT molecular complexity index is 647. The van der Waals surface area contributed by atoms with Crippen LogP contribution >= 0.6 is 0 Å². The lowest BCUT2D eigenvalue weighted by atomic mass is 10.1. The summed E-state index contributed by atoms with van der Waals surface area (Å²) in [4.78, 5) is 23.4. The van der Waals surface area contributed by atoms with Gasteiger partial charge in [0.25, 0.3) is 0 Å². The highest BCUT2D eigenvalue weighted by Gasteiger charge is 2.18. The minimum atomic E-state index is -1.36. The fraction of sp³-hybridized carbons (Fsp3) is 0.111. The molecule has 112 valence electrons. The Morgan fingerprint density at radius 1 is 1.00 bits per heavy atom. The SMILES string of the molecule is O=C(/C=C/c1ccccc1)OCC(O)C(=O)c1ccccc1. The van der Waals surface area contributed by atoms with Crippen LogP contribution in [0.3, 0.4) is 0 Å². The van der Waals surface area contributed by atoms with Gasteiger partial charge in [0.1, 0.15) is 6.61 Å². The van der Waals surface area contributed by atoms with E-state index >= 15 is 0 Å². The molecule has 0 saturated heterocycles. The maximum absolute atomic E-state index is 11.9. The molecule has 2 aromatic carbocycles. The number of hydrogen-bond donors (Lipinski definition) is 1. The molecule has 0 saturated carbocycles. The van der Waals surface area contributed by atoms with Crippen molar-refractivity contribution in [2.45, 2.75) is 6.10 Å². The lowest BCUT2D eigenvalue weighted by molar-refractivity contribution is -0.139. The summed E-state index contributed by atoms with van der Waals surface area (Å²) in [6.07, 6.45) is 1.50. The number of esters is 1. The van der Waals surface area contributed by atoms with E-state index in [-0.39, 0.29) is 6.61 Å². The molecular formula is C18H16O4. The van der Waals surface area contributed by atoms with Crippen LogP contribution in [0.25, 0.3) is 6.08 Å². The standard InChI is InChI=1S/C18H16O4/c19-16(18(21)15-9-5-2-6-10-15)13-22-17(20)12-11-14-7-3-1-4-8-14/h1-12,16,19H,13H2/b12-11+. The smallest absolute Gasteiger partial charge is 0.330 e. The van der Waals surface area contributed by atoms with E-state index in [0.717, 1.165) is 5.56 Å². The fourth-order valence-corrected chi connectivity index (χ4v) is 1.81. The number of ketones is 1. The van der Waals surface area contributed by atoms with Crippen molar-refractivity contribution in [1.29, 1.82) is 0 Å². The summed E-state index contributed by atoms with van der Waals surface area (Å²) in [6.45, 7) is -0.369. The molecule has 0 aliphatic carbocycles. The number of ether oxygens (including phenoxy) is 1. The van der Waals surface area contributed by atoms with Gasteiger partial charge in [0.05, 0.1) is 0 Å². The molecular weight excluding hydrogens is 280 g/mol. The van der Waals surface area contributed by atoms with Crippen LogP contribution in [-0.2, 0) is 9.53 Å². The topological polar surface area (TPSA) is 63.6 Å². The van der Waals surface area contributed by atoms with Gasteiger partial charge in [-0.05, 0) is 11.6 Å². The molecule has 0 aliphatic heterocycles. The summed E-state index contributed by atoms with van der Waals surface area (Å²) < 4.78 is 4.87. The lowest BCUT2D eigenvalue weighted by Gasteiger charge is -2.09. The maximum Gasteiger partial charge on any atom is 0.330 e. The van der Waals surface area contributed by atoms with E-state index < -0.39 is 17.9 Å². The monoisotopic (exact) mass is 296 g/mol. The number of aliphatic hydroxyl groups excluding tert-OH is 1. The minimum absolute atomic E-state index is 0.369. The molecule has 1 atom stereocenters. The predicted molar refractivity (Wildman–Crippen MR) is 83.2 cm³/mol. The Hall–Kier alpha value is -2.72. The predicted octanol–water partition coefficient (Wildman–Crippen LogP) is 2.49. The normalized spacial score (nSPS) is 12.0. The van der Waals surface area contributed by atoms with Crippen LogP contribution in [0.4, 0.5) is 0 Å². The zero-order valence-corrected chi connectivity index (χ0v) is 11.9. The average molecular weight is 296 g/mol. The van der Waals surface area contributed by atoms with E-state index in [1.807, 2.05) is 30.3 Å². The van der Waals surface area contributed by atoms with Gasteiger partial charge in [-0.15, -0.1) is 0 Å². The minimum Gasteiger partial charge on any atom is -0.459 e. The maximum atomic E-state index is 11.9. The molecule has 4 nitrogen and oxygen atoms in total. The van der Waals surface area contributed by atoms with Gasteiger partial charge in [0.15, 0.2) is 11.9 Å². The van der Waals surface area contributed by atoms with Crippen molar-refractivity contribution in [2.24, 2.45) is 0 Å². The van der Waals surface area contributed by atoms with Gasteiger partial charge in [-0.1, -0.05) is 60.7 Å². The van der Waals surface area contributed by atoms with Crippen LogP contribution in [0.15, 0.2) is 66.7 Å². The number of carbonyl (C=O) groups excluding carboxylic acids is 2. The Morgan fingerprint density at radius 2 is 1.59 bits per heavy atom. The van der Waals surface area contributed by atoms with E-state index in [1.54, 1.807) is 36.4 Å². The third-order valence-electron chi connectivity index (χ3n) is 2.96. The van der Waals surface area contributed by atoms with Crippen LogP contribution in [0.2, 0.25) is 0 Å². The number of benzene rings is 2. The first-order valence-electron chi connectivity index (χ1n) is 6.84. The molecule has 0 heterocycles. The molecule has 22 heavy (non-hydrogen) atoms. The van der Waals surface area contributed by atoms with E-state index in [1.165, 1.54) is 6.08 Å². The zero-order valence-electron chi connectivity index (χ0n) is 11.9. The molecule has 0 aliphatic rings. The van der Waals surface area contributed by atoms with E-state index in [0.29, 0.717) is 5.56 Å². The molecule has 4 heteroatoms. The third-order valence-corrected chi connectivity index (χ3v) is 2.96. The van der Waals surface area contributed by atoms with Crippen LogP contribution in [0, 0.1) is 0 Å². The largest absolute Gasteiger partial charge is 0.459 e.